The second-order valence-electron chi connectivity index (χ2n) is 6.02. The number of hydrogen-bond acceptors (Lipinski definition) is 2. The van der Waals surface area contributed by atoms with Crippen LogP contribution in [0.4, 0.5) is 0 Å². The first kappa shape index (κ1) is 15.7. The monoisotopic (exact) mass is 282 g/mol. The van der Waals surface area contributed by atoms with Gasteiger partial charge >= 0.3 is 0 Å². The van der Waals surface area contributed by atoms with E-state index in [-0.39, 0.29) is 5.41 Å². The molecule has 112 valence electrons. The quantitative estimate of drug-likeness (QED) is 0.855. The lowest BCUT2D eigenvalue weighted by Crippen LogP contribution is -2.24. The molecule has 0 radical (unpaired) electrons. The summed E-state index contributed by atoms with van der Waals surface area (Å²) in [7, 11) is 0. The summed E-state index contributed by atoms with van der Waals surface area (Å²) in [4.78, 5) is 0. The van der Waals surface area contributed by atoms with Crippen molar-refractivity contribution in [1.29, 1.82) is 0 Å². The third-order valence-corrected chi connectivity index (χ3v) is 4.21. The van der Waals surface area contributed by atoms with E-state index < -0.39 is 0 Å². The minimum atomic E-state index is -0.0441. The van der Waals surface area contributed by atoms with Crippen LogP contribution in [0.15, 0.2) is 48.5 Å². The molecule has 0 spiro atoms. The minimum Gasteiger partial charge on any atom is -0.330 e. The first-order valence-corrected chi connectivity index (χ1v) is 7.68. The average Bonchev–Trinajstić information content (AvgIpc) is 2.49. The molecule has 0 aromatic heterocycles. The Balaban J connectivity index is 2.51. The van der Waals surface area contributed by atoms with Crippen molar-refractivity contribution in [1.82, 2.24) is 0 Å². The van der Waals surface area contributed by atoms with Gasteiger partial charge in [0.25, 0.3) is 0 Å². The van der Waals surface area contributed by atoms with Crippen LogP contribution < -0.4 is 11.5 Å². The van der Waals surface area contributed by atoms with Gasteiger partial charge in [-0.25, -0.2) is 0 Å². The normalized spacial score (nSPS) is 11.6. The predicted molar refractivity (Wildman–Crippen MR) is 90.5 cm³/mol. The van der Waals surface area contributed by atoms with Crippen LogP contribution in [0.25, 0.3) is 0 Å². The first-order chi connectivity index (χ1) is 10.1. The molecule has 0 atom stereocenters. The summed E-state index contributed by atoms with van der Waals surface area (Å²) in [5.74, 6) is 0. The molecule has 0 aliphatic heterocycles. The highest BCUT2D eigenvalue weighted by Gasteiger charge is 2.27. The van der Waals surface area contributed by atoms with E-state index in [1.165, 1.54) is 22.3 Å². The molecule has 2 aromatic carbocycles. The van der Waals surface area contributed by atoms with E-state index in [1.54, 1.807) is 0 Å². The van der Waals surface area contributed by atoms with Crippen LogP contribution in [0, 0.1) is 0 Å². The molecule has 2 heteroatoms. The van der Waals surface area contributed by atoms with Crippen molar-refractivity contribution in [2.75, 3.05) is 13.1 Å². The van der Waals surface area contributed by atoms with Gasteiger partial charge in [0.2, 0.25) is 0 Å². The summed E-state index contributed by atoms with van der Waals surface area (Å²) in [6.45, 7) is 5.94. The van der Waals surface area contributed by atoms with E-state index in [1.807, 2.05) is 0 Å². The van der Waals surface area contributed by atoms with Crippen LogP contribution in [0.5, 0.6) is 0 Å². The van der Waals surface area contributed by atoms with Gasteiger partial charge in [0.1, 0.15) is 0 Å². The minimum absolute atomic E-state index is 0.0441. The molecule has 0 unspecified atom stereocenters. The fourth-order valence-electron chi connectivity index (χ4n) is 3.15. The van der Waals surface area contributed by atoms with Crippen LogP contribution in [0.3, 0.4) is 0 Å². The van der Waals surface area contributed by atoms with Crippen molar-refractivity contribution in [3.8, 4) is 0 Å². The Morgan fingerprint density at radius 1 is 0.714 bits per heavy atom. The molecular weight excluding hydrogens is 256 g/mol. The van der Waals surface area contributed by atoms with Gasteiger partial charge in [-0.1, -0.05) is 62.4 Å². The molecular formula is C19H26N2. The SMILES string of the molecule is CC(C)(c1ccccc1CCN)c1ccccc1CCN. The number of nitrogens with two attached hydrogens (primary N) is 2. The zero-order valence-electron chi connectivity index (χ0n) is 13.1. The molecule has 0 amide bonds. The van der Waals surface area contributed by atoms with Crippen molar-refractivity contribution in [3.63, 3.8) is 0 Å². The van der Waals surface area contributed by atoms with Crippen molar-refractivity contribution < 1.29 is 0 Å². The Labute approximate surface area is 128 Å². The topological polar surface area (TPSA) is 52.0 Å². The summed E-state index contributed by atoms with van der Waals surface area (Å²) in [6, 6.07) is 17.2. The van der Waals surface area contributed by atoms with Crippen molar-refractivity contribution in [3.05, 3.63) is 70.8 Å². The lowest BCUT2D eigenvalue weighted by atomic mass is 9.73. The van der Waals surface area contributed by atoms with Crippen LogP contribution in [0.1, 0.15) is 36.1 Å². The van der Waals surface area contributed by atoms with E-state index >= 15 is 0 Å². The maximum atomic E-state index is 5.77. The van der Waals surface area contributed by atoms with Crippen LogP contribution in [0.2, 0.25) is 0 Å². The highest BCUT2D eigenvalue weighted by atomic mass is 14.5. The molecule has 4 N–H and O–H groups in total. The summed E-state index contributed by atoms with van der Waals surface area (Å²) >= 11 is 0. The second-order valence-corrected chi connectivity index (χ2v) is 6.02. The zero-order valence-corrected chi connectivity index (χ0v) is 13.1. The summed E-state index contributed by atoms with van der Waals surface area (Å²) in [5.41, 5.74) is 16.9. The van der Waals surface area contributed by atoms with Crippen LogP contribution in [-0.2, 0) is 18.3 Å². The molecule has 0 fully saturated rings. The van der Waals surface area contributed by atoms with E-state index in [2.05, 4.69) is 62.4 Å². The summed E-state index contributed by atoms with van der Waals surface area (Å²) in [5, 5.41) is 0. The third kappa shape index (κ3) is 3.34. The molecule has 2 aromatic rings. The van der Waals surface area contributed by atoms with Gasteiger partial charge in [0.05, 0.1) is 0 Å². The van der Waals surface area contributed by atoms with Gasteiger partial charge in [0, 0.05) is 5.41 Å². The highest BCUT2D eigenvalue weighted by Crippen LogP contribution is 2.35. The maximum absolute atomic E-state index is 5.77. The van der Waals surface area contributed by atoms with Crippen LogP contribution in [-0.4, -0.2) is 13.1 Å². The summed E-state index contributed by atoms with van der Waals surface area (Å²) in [6.07, 6.45) is 1.83. The smallest absolute Gasteiger partial charge is 0.0152 e. The Kier molecular flexibility index (Phi) is 5.16. The fourth-order valence-corrected chi connectivity index (χ4v) is 3.15. The fraction of sp³-hybridized carbons (Fsp3) is 0.368. The van der Waals surface area contributed by atoms with Crippen molar-refractivity contribution in [2.45, 2.75) is 32.1 Å². The zero-order chi connectivity index (χ0) is 15.3. The molecule has 0 aliphatic carbocycles. The van der Waals surface area contributed by atoms with E-state index in [4.69, 9.17) is 11.5 Å². The Bertz CT molecular complexity index is 536. The van der Waals surface area contributed by atoms with Crippen LogP contribution >= 0.6 is 0 Å². The first-order valence-electron chi connectivity index (χ1n) is 7.68. The number of benzene rings is 2. The van der Waals surface area contributed by atoms with E-state index in [0.717, 1.165) is 12.8 Å². The number of hydrogen-bond donors (Lipinski definition) is 2. The van der Waals surface area contributed by atoms with Crippen molar-refractivity contribution in [2.24, 2.45) is 11.5 Å². The van der Waals surface area contributed by atoms with Gasteiger partial charge in [0.15, 0.2) is 0 Å². The lowest BCUT2D eigenvalue weighted by Gasteiger charge is -2.31. The molecule has 0 heterocycles. The molecule has 0 bridgehead atoms. The van der Waals surface area contributed by atoms with Gasteiger partial charge < -0.3 is 11.5 Å². The standard InChI is InChI=1S/C19H26N2/c1-19(2,17-9-5-3-7-15(17)11-13-20)18-10-6-4-8-16(18)12-14-21/h3-10H,11-14,20-21H2,1-2H3. The molecule has 2 rings (SSSR count). The largest absolute Gasteiger partial charge is 0.330 e. The Hall–Kier alpha value is -1.64. The van der Waals surface area contributed by atoms with E-state index in [0.29, 0.717) is 13.1 Å². The third-order valence-electron chi connectivity index (χ3n) is 4.21. The molecule has 0 saturated heterocycles. The molecule has 0 aliphatic rings. The Morgan fingerprint density at radius 3 is 1.48 bits per heavy atom. The predicted octanol–water partition coefficient (Wildman–Crippen LogP) is 3.01. The highest BCUT2D eigenvalue weighted by molar-refractivity contribution is 5.45. The maximum Gasteiger partial charge on any atom is 0.0152 e. The second kappa shape index (κ2) is 6.88. The lowest BCUT2D eigenvalue weighted by molar-refractivity contribution is 0.622. The molecule has 2 nitrogen and oxygen atoms in total. The van der Waals surface area contributed by atoms with Gasteiger partial charge in [-0.2, -0.15) is 0 Å². The van der Waals surface area contributed by atoms with Gasteiger partial charge in [-0.3, -0.25) is 0 Å². The number of rotatable bonds is 6. The van der Waals surface area contributed by atoms with Gasteiger partial charge in [-0.15, -0.1) is 0 Å². The average molecular weight is 282 g/mol. The molecule has 21 heavy (non-hydrogen) atoms. The van der Waals surface area contributed by atoms with Gasteiger partial charge in [-0.05, 0) is 48.2 Å². The summed E-state index contributed by atoms with van der Waals surface area (Å²) < 4.78 is 0. The Morgan fingerprint density at radius 2 is 1.10 bits per heavy atom. The van der Waals surface area contributed by atoms with E-state index in [9.17, 15) is 0 Å². The van der Waals surface area contributed by atoms with Crippen molar-refractivity contribution >= 4 is 0 Å². The molecule has 0 saturated carbocycles.